The number of aromatic amines is 1. The van der Waals surface area contributed by atoms with Gasteiger partial charge >= 0.3 is 0 Å². The number of hydrogen-bond donors (Lipinski definition) is 1. The van der Waals surface area contributed by atoms with Crippen molar-refractivity contribution in [3.05, 3.63) is 53.6 Å². The Morgan fingerprint density at radius 1 is 1.19 bits per heavy atom. The summed E-state index contributed by atoms with van der Waals surface area (Å²) in [6, 6.07) is 7.01. The lowest BCUT2D eigenvalue weighted by Gasteiger charge is -2.28. The van der Waals surface area contributed by atoms with Gasteiger partial charge in [-0.15, -0.1) is 0 Å². The summed E-state index contributed by atoms with van der Waals surface area (Å²) in [6.07, 6.45) is 5.77. The van der Waals surface area contributed by atoms with Crippen LogP contribution < -0.4 is 4.90 Å². The molecule has 2 aliphatic heterocycles. The van der Waals surface area contributed by atoms with Crippen LogP contribution in [0.3, 0.4) is 0 Å². The van der Waals surface area contributed by atoms with E-state index in [2.05, 4.69) is 32.9 Å². The van der Waals surface area contributed by atoms with Crippen molar-refractivity contribution in [3.8, 4) is 11.1 Å². The predicted octanol–water partition coefficient (Wildman–Crippen LogP) is 3.54. The van der Waals surface area contributed by atoms with E-state index in [1.807, 2.05) is 12.1 Å². The molecule has 0 radical (unpaired) electrons. The van der Waals surface area contributed by atoms with E-state index in [1.54, 1.807) is 31.3 Å². The fourth-order valence-electron chi connectivity index (χ4n) is 4.80. The van der Waals surface area contributed by atoms with Crippen LogP contribution in [0.5, 0.6) is 0 Å². The summed E-state index contributed by atoms with van der Waals surface area (Å²) < 4.78 is 14.2. The Hall–Kier alpha value is -3.19. The standard InChI is InChI=1S/C25H28FN5O/c1-29(2)22(32)15-31-12-7-16(8-13-31)24-19-9-11-30(3)21-5-4-17(26)14-20(21)18-6-10-27-25(28-24)23(18)19/h4-7,10,14H,8-9,11-13,15H2,1-3H3,(H,27,28). The minimum Gasteiger partial charge on any atom is -0.374 e. The number of aromatic nitrogens is 2. The van der Waals surface area contributed by atoms with Gasteiger partial charge in [0.25, 0.3) is 0 Å². The minimum absolute atomic E-state index is 0.123. The van der Waals surface area contributed by atoms with Crippen LogP contribution in [0.1, 0.15) is 17.7 Å². The fourth-order valence-corrected chi connectivity index (χ4v) is 4.80. The van der Waals surface area contributed by atoms with Crippen molar-refractivity contribution in [3.63, 3.8) is 0 Å². The zero-order valence-electron chi connectivity index (χ0n) is 18.8. The zero-order chi connectivity index (χ0) is 22.4. The van der Waals surface area contributed by atoms with Gasteiger partial charge < -0.3 is 14.8 Å². The largest absolute Gasteiger partial charge is 0.374 e. The molecule has 0 saturated heterocycles. The molecule has 0 spiro atoms. The molecule has 2 aliphatic rings. The third kappa shape index (κ3) is 3.56. The molecule has 4 heterocycles. The fraction of sp³-hybridized carbons (Fsp3) is 0.360. The number of likely N-dealkylation sites (N-methyl/N-ethyl adjacent to an activating group) is 2. The second-order valence-corrected chi connectivity index (χ2v) is 8.90. The van der Waals surface area contributed by atoms with Crippen molar-refractivity contribution < 1.29 is 9.18 Å². The first-order valence-corrected chi connectivity index (χ1v) is 11.0. The Morgan fingerprint density at radius 3 is 2.78 bits per heavy atom. The van der Waals surface area contributed by atoms with Crippen LogP contribution in [0.2, 0.25) is 0 Å². The maximum Gasteiger partial charge on any atom is 0.236 e. The molecule has 0 fully saturated rings. The quantitative estimate of drug-likeness (QED) is 0.687. The van der Waals surface area contributed by atoms with E-state index in [0.29, 0.717) is 6.54 Å². The van der Waals surface area contributed by atoms with E-state index >= 15 is 0 Å². The molecule has 3 aromatic rings. The number of nitrogens with one attached hydrogen (secondary N) is 1. The summed E-state index contributed by atoms with van der Waals surface area (Å²) in [5.41, 5.74) is 7.44. The number of nitrogens with zero attached hydrogens (tertiary/aromatic N) is 4. The lowest BCUT2D eigenvalue weighted by Crippen LogP contribution is -2.38. The maximum absolute atomic E-state index is 14.2. The summed E-state index contributed by atoms with van der Waals surface area (Å²) in [5, 5.41) is 1.09. The van der Waals surface area contributed by atoms with Crippen LogP contribution in [0.4, 0.5) is 10.1 Å². The molecular formula is C25H28FN5O. The van der Waals surface area contributed by atoms with Gasteiger partial charge in [0, 0.05) is 69.3 Å². The third-order valence-electron chi connectivity index (χ3n) is 6.63. The third-order valence-corrected chi connectivity index (χ3v) is 6.63. The van der Waals surface area contributed by atoms with Gasteiger partial charge in [-0.1, -0.05) is 6.08 Å². The van der Waals surface area contributed by atoms with E-state index < -0.39 is 0 Å². The molecule has 7 heteroatoms. The van der Waals surface area contributed by atoms with Gasteiger partial charge in [-0.3, -0.25) is 9.69 Å². The van der Waals surface area contributed by atoms with E-state index in [-0.39, 0.29) is 11.7 Å². The molecule has 0 unspecified atom stereocenters. The number of amides is 1. The Morgan fingerprint density at radius 2 is 2.03 bits per heavy atom. The van der Waals surface area contributed by atoms with E-state index in [9.17, 15) is 9.18 Å². The number of fused-ring (bicyclic) bond motifs is 2. The Balaban J connectivity index is 1.57. The molecule has 1 N–H and O–H groups in total. The van der Waals surface area contributed by atoms with E-state index in [1.165, 1.54) is 17.2 Å². The van der Waals surface area contributed by atoms with Crippen molar-refractivity contribution in [1.82, 2.24) is 19.8 Å². The highest BCUT2D eigenvalue weighted by Crippen LogP contribution is 2.41. The topological polar surface area (TPSA) is 55.5 Å². The number of pyridine rings is 1. The van der Waals surface area contributed by atoms with Crippen LogP contribution in [0.15, 0.2) is 36.5 Å². The van der Waals surface area contributed by atoms with Crippen molar-refractivity contribution >= 4 is 28.2 Å². The van der Waals surface area contributed by atoms with Crippen molar-refractivity contribution in [1.29, 1.82) is 0 Å². The number of rotatable bonds is 3. The normalized spacial score (nSPS) is 16.4. The van der Waals surface area contributed by atoms with E-state index in [0.717, 1.165) is 66.0 Å². The van der Waals surface area contributed by atoms with Crippen LogP contribution in [-0.4, -0.2) is 73.0 Å². The van der Waals surface area contributed by atoms with Gasteiger partial charge in [-0.05, 0) is 53.8 Å². The molecule has 6 nitrogen and oxygen atoms in total. The molecule has 5 rings (SSSR count). The van der Waals surface area contributed by atoms with Crippen LogP contribution in [-0.2, 0) is 11.2 Å². The predicted molar refractivity (Wildman–Crippen MR) is 126 cm³/mol. The Labute approximate surface area is 187 Å². The molecular weight excluding hydrogens is 405 g/mol. The van der Waals surface area contributed by atoms with E-state index in [4.69, 9.17) is 0 Å². The number of benzene rings is 1. The summed E-state index contributed by atoms with van der Waals surface area (Å²) in [5.74, 6) is -0.111. The molecule has 2 aromatic heterocycles. The summed E-state index contributed by atoms with van der Waals surface area (Å²) in [6.45, 7) is 2.87. The van der Waals surface area contributed by atoms with Gasteiger partial charge in [0.1, 0.15) is 11.5 Å². The summed E-state index contributed by atoms with van der Waals surface area (Å²) in [7, 11) is 5.64. The number of anilines is 1. The van der Waals surface area contributed by atoms with Crippen molar-refractivity contribution in [2.45, 2.75) is 12.8 Å². The molecule has 0 atom stereocenters. The highest BCUT2D eigenvalue weighted by molar-refractivity contribution is 6.02. The second kappa shape index (κ2) is 8.06. The zero-order valence-corrected chi connectivity index (χ0v) is 18.8. The van der Waals surface area contributed by atoms with Gasteiger partial charge in [0.15, 0.2) is 0 Å². The number of H-pyrrole nitrogens is 1. The Bertz CT molecular complexity index is 1230. The first-order valence-electron chi connectivity index (χ1n) is 11.0. The first kappa shape index (κ1) is 20.7. The molecule has 1 aromatic carbocycles. The SMILES string of the molecule is CN(C)C(=O)CN1CC=C(c2[nH]c3nccc4c3c2CCN(C)c2ccc(F)cc2-4)CC1. The van der Waals surface area contributed by atoms with Crippen LogP contribution >= 0.6 is 0 Å². The summed E-state index contributed by atoms with van der Waals surface area (Å²) >= 11 is 0. The van der Waals surface area contributed by atoms with Gasteiger partial charge in [-0.2, -0.15) is 0 Å². The van der Waals surface area contributed by atoms with Gasteiger partial charge in [-0.25, -0.2) is 9.37 Å². The lowest BCUT2D eigenvalue weighted by atomic mass is 9.92. The van der Waals surface area contributed by atoms with Crippen LogP contribution in [0, 0.1) is 5.82 Å². The second-order valence-electron chi connectivity index (χ2n) is 8.90. The summed E-state index contributed by atoms with van der Waals surface area (Å²) in [4.78, 5) is 26.3. The molecule has 166 valence electrons. The van der Waals surface area contributed by atoms with Crippen LogP contribution in [0.25, 0.3) is 27.7 Å². The molecule has 0 aliphatic carbocycles. The molecule has 1 amide bonds. The monoisotopic (exact) mass is 433 g/mol. The minimum atomic E-state index is -0.234. The Kier molecular flexibility index (Phi) is 5.21. The van der Waals surface area contributed by atoms with Crippen molar-refractivity contribution in [2.24, 2.45) is 0 Å². The average Bonchev–Trinajstić information content (AvgIpc) is 3.15. The number of carbonyl (C=O) groups excluding carboxylic acids is 1. The first-order chi connectivity index (χ1) is 15.4. The number of hydrogen-bond acceptors (Lipinski definition) is 4. The van der Waals surface area contributed by atoms with Crippen molar-refractivity contribution in [2.75, 3.05) is 52.2 Å². The number of carbonyl (C=O) groups is 1. The average molecular weight is 434 g/mol. The number of halogens is 1. The van der Waals surface area contributed by atoms with Gasteiger partial charge in [0.05, 0.1) is 6.54 Å². The van der Waals surface area contributed by atoms with Gasteiger partial charge in [0.2, 0.25) is 5.91 Å². The molecule has 32 heavy (non-hydrogen) atoms. The highest BCUT2D eigenvalue weighted by Gasteiger charge is 2.25. The molecule has 0 bridgehead atoms. The highest BCUT2D eigenvalue weighted by atomic mass is 19.1. The lowest BCUT2D eigenvalue weighted by molar-refractivity contribution is -0.129. The molecule has 0 saturated carbocycles. The maximum atomic E-state index is 14.2. The smallest absolute Gasteiger partial charge is 0.236 e.